The van der Waals surface area contributed by atoms with Crippen molar-refractivity contribution < 1.29 is 9.21 Å². The molecule has 0 aliphatic heterocycles. The zero-order valence-corrected chi connectivity index (χ0v) is 18.0. The highest BCUT2D eigenvalue weighted by atomic mass is 35.5. The van der Waals surface area contributed by atoms with E-state index >= 15 is 0 Å². The lowest BCUT2D eigenvalue weighted by Crippen LogP contribution is -2.23. The SMILES string of the molecule is CN(C)CCn1c(=O)oc2ccc(NC(=O)CCc3ccccc3N)cc21.Cl.Cl. The third-order valence-corrected chi connectivity index (χ3v) is 4.40. The average Bonchev–Trinajstić information content (AvgIpc) is 2.94. The van der Waals surface area contributed by atoms with Gasteiger partial charge in [-0.1, -0.05) is 18.2 Å². The Hall–Kier alpha value is -2.48. The number of oxazole rings is 1. The Morgan fingerprint density at radius 1 is 1.17 bits per heavy atom. The van der Waals surface area contributed by atoms with Crippen LogP contribution in [0.3, 0.4) is 0 Å². The lowest BCUT2D eigenvalue weighted by atomic mass is 10.1. The van der Waals surface area contributed by atoms with Crippen LogP contribution in [0.4, 0.5) is 11.4 Å². The lowest BCUT2D eigenvalue weighted by Gasteiger charge is -2.10. The highest BCUT2D eigenvalue weighted by Crippen LogP contribution is 2.19. The summed E-state index contributed by atoms with van der Waals surface area (Å²) < 4.78 is 6.85. The average molecular weight is 441 g/mol. The molecule has 0 spiro atoms. The minimum absolute atomic E-state index is 0. The van der Waals surface area contributed by atoms with Gasteiger partial charge in [-0.3, -0.25) is 9.36 Å². The number of carbonyl (C=O) groups excluding carboxylic acids is 1. The van der Waals surface area contributed by atoms with Crippen molar-refractivity contribution in [3.63, 3.8) is 0 Å². The molecule has 0 bridgehead atoms. The van der Waals surface area contributed by atoms with E-state index in [0.717, 1.165) is 5.56 Å². The number of likely N-dealkylation sites (N-methyl/N-ethyl adjacent to an activating group) is 1. The van der Waals surface area contributed by atoms with Gasteiger partial charge >= 0.3 is 5.76 Å². The molecule has 2 aromatic carbocycles. The number of hydrogen-bond donors (Lipinski definition) is 2. The van der Waals surface area contributed by atoms with Crippen molar-refractivity contribution in [2.24, 2.45) is 0 Å². The predicted molar refractivity (Wildman–Crippen MR) is 121 cm³/mol. The summed E-state index contributed by atoms with van der Waals surface area (Å²) in [5, 5.41) is 2.88. The third kappa shape index (κ3) is 6.25. The van der Waals surface area contributed by atoms with Gasteiger partial charge < -0.3 is 20.4 Å². The molecule has 3 N–H and O–H groups in total. The zero-order valence-electron chi connectivity index (χ0n) is 16.4. The van der Waals surface area contributed by atoms with E-state index in [-0.39, 0.29) is 30.7 Å². The van der Waals surface area contributed by atoms with Crippen molar-refractivity contribution in [1.82, 2.24) is 9.47 Å². The van der Waals surface area contributed by atoms with Gasteiger partial charge in [0.2, 0.25) is 5.91 Å². The first kappa shape index (κ1) is 24.6. The van der Waals surface area contributed by atoms with Gasteiger partial charge in [-0.25, -0.2) is 4.79 Å². The number of amides is 1. The zero-order chi connectivity index (χ0) is 19.4. The second-order valence-corrected chi connectivity index (χ2v) is 6.75. The number of nitrogen functional groups attached to an aromatic ring is 1. The fourth-order valence-corrected chi connectivity index (χ4v) is 2.89. The number of fused-ring (bicyclic) bond motifs is 1. The Kier molecular flexibility index (Phi) is 9.23. The molecule has 0 unspecified atom stereocenters. The fraction of sp³-hybridized carbons (Fsp3) is 0.300. The van der Waals surface area contributed by atoms with Gasteiger partial charge in [0.1, 0.15) is 0 Å². The van der Waals surface area contributed by atoms with E-state index in [2.05, 4.69) is 5.32 Å². The number of anilines is 2. The molecule has 0 radical (unpaired) electrons. The van der Waals surface area contributed by atoms with E-state index in [0.29, 0.717) is 48.4 Å². The number of hydrogen-bond acceptors (Lipinski definition) is 5. The molecule has 9 heteroatoms. The molecule has 0 fully saturated rings. The molecular weight excluding hydrogens is 415 g/mol. The molecule has 0 atom stereocenters. The topological polar surface area (TPSA) is 93.5 Å². The largest absolute Gasteiger partial charge is 0.419 e. The molecule has 3 aromatic rings. The highest BCUT2D eigenvalue weighted by Gasteiger charge is 2.11. The lowest BCUT2D eigenvalue weighted by molar-refractivity contribution is -0.116. The van der Waals surface area contributed by atoms with Gasteiger partial charge in [-0.2, -0.15) is 0 Å². The Labute approximate surface area is 181 Å². The van der Waals surface area contributed by atoms with Gasteiger partial charge in [0.05, 0.1) is 5.52 Å². The van der Waals surface area contributed by atoms with Crippen molar-refractivity contribution in [3.8, 4) is 0 Å². The molecule has 1 heterocycles. The van der Waals surface area contributed by atoms with Crippen LogP contribution in [0.25, 0.3) is 11.1 Å². The van der Waals surface area contributed by atoms with Crippen molar-refractivity contribution in [1.29, 1.82) is 0 Å². The molecule has 158 valence electrons. The predicted octanol–water partition coefficient (Wildman–Crippen LogP) is 3.15. The summed E-state index contributed by atoms with van der Waals surface area (Å²) in [5.41, 5.74) is 9.37. The summed E-state index contributed by atoms with van der Waals surface area (Å²) in [6, 6.07) is 12.7. The second-order valence-electron chi connectivity index (χ2n) is 6.75. The van der Waals surface area contributed by atoms with Gasteiger partial charge in [0.25, 0.3) is 0 Å². The summed E-state index contributed by atoms with van der Waals surface area (Å²) in [6.07, 6.45) is 0.894. The van der Waals surface area contributed by atoms with Crippen LogP contribution in [0.5, 0.6) is 0 Å². The molecule has 3 rings (SSSR count). The van der Waals surface area contributed by atoms with Gasteiger partial charge in [-0.15, -0.1) is 24.8 Å². The first-order chi connectivity index (χ1) is 12.9. The van der Waals surface area contributed by atoms with Crippen LogP contribution >= 0.6 is 24.8 Å². The molecule has 0 saturated heterocycles. The monoisotopic (exact) mass is 440 g/mol. The number of para-hydroxylation sites is 1. The Bertz CT molecular complexity index is 1010. The number of benzene rings is 2. The van der Waals surface area contributed by atoms with Crippen LogP contribution in [0.15, 0.2) is 51.7 Å². The first-order valence-electron chi connectivity index (χ1n) is 8.85. The van der Waals surface area contributed by atoms with E-state index < -0.39 is 5.76 Å². The maximum Gasteiger partial charge on any atom is 0.419 e. The maximum atomic E-state index is 12.3. The Morgan fingerprint density at radius 2 is 1.90 bits per heavy atom. The minimum Gasteiger partial charge on any atom is -0.408 e. The summed E-state index contributed by atoms with van der Waals surface area (Å²) in [4.78, 5) is 26.3. The standard InChI is InChI=1S/C20H24N4O3.2ClH/c1-23(2)11-12-24-17-13-15(8-9-18(17)27-20(24)26)22-19(25)10-7-14-5-3-4-6-16(14)21;;/h3-6,8-9,13H,7,10-12,21H2,1-2H3,(H,22,25);2*1H. The van der Waals surface area contributed by atoms with E-state index in [4.69, 9.17) is 10.2 Å². The van der Waals surface area contributed by atoms with Crippen LogP contribution in [0.2, 0.25) is 0 Å². The minimum atomic E-state index is -0.394. The Morgan fingerprint density at radius 3 is 2.59 bits per heavy atom. The molecule has 7 nitrogen and oxygen atoms in total. The number of rotatable bonds is 7. The van der Waals surface area contributed by atoms with Crippen molar-refractivity contribution in [3.05, 3.63) is 58.6 Å². The Balaban J connectivity index is 0.00000210. The summed E-state index contributed by atoms with van der Waals surface area (Å²) in [6.45, 7) is 1.23. The van der Waals surface area contributed by atoms with Gasteiger partial charge in [-0.05, 0) is 50.3 Å². The van der Waals surface area contributed by atoms with Crippen LogP contribution in [0, 0.1) is 0 Å². The number of nitrogens with zero attached hydrogens (tertiary/aromatic N) is 2. The number of nitrogens with two attached hydrogens (primary N) is 1. The van der Waals surface area contributed by atoms with Crippen molar-refractivity contribution in [2.75, 3.05) is 31.7 Å². The molecule has 29 heavy (non-hydrogen) atoms. The normalized spacial score (nSPS) is 10.4. The summed E-state index contributed by atoms with van der Waals surface area (Å²) in [7, 11) is 3.89. The van der Waals surface area contributed by atoms with Crippen LogP contribution in [-0.2, 0) is 17.8 Å². The summed E-state index contributed by atoms with van der Waals surface area (Å²) >= 11 is 0. The first-order valence-corrected chi connectivity index (χ1v) is 8.85. The number of aryl methyl sites for hydroxylation is 1. The molecule has 1 aromatic heterocycles. The second kappa shape index (κ2) is 10.9. The number of aromatic nitrogens is 1. The molecular formula is C20H26Cl2N4O3. The third-order valence-electron chi connectivity index (χ3n) is 4.40. The van der Waals surface area contributed by atoms with Crippen LogP contribution in [-0.4, -0.2) is 36.0 Å². The number of nitrogens with one attached hydrogen (secondary N) is 1. The van der Waals surface area contributed by atoms with Crippen LogP contribution in [0.1, 0.15) is 12.0 Å². The molecule has 1 amide bonds. The van der Waals surface area contributed by atoms with E-state index in [1.807, 2.05) is 43.3 Å². The van der Waals surface area contributed by atoms with Crippen LogP contribution < -0.4 is 16.8 Å². The molecule has 0 saturated carbocycles. The van der Waals surface area contributed by atoms with Gasteiger partial charge in [0.15, 0.2) is 5.58 Å². The fourth-order valence-electron chi connectivity index (χ4n) is 2.89. The van der Waals surface area contributed by atoms with Crippen molar-refractivity contribution >= 4 is 53.2 Å². The number of halogens is 2. The highest BCUT2D eigenvalue weighted by molar-refractivity contribution is 5.93. The van der Waals surface area contributed by atoms with Gasteiger partial charge in [0, 0.05) is 30.9 Å². The van der Waals surface area contributed by atoms with E-state index in [1.54, 1.807) is 22.8 Å². The van der Waals surface area contributed by atoms with E-state index in [9.17, 15) is 9.59 Å². The van der Waals surface area contributed by atoms with Crippen molar-refractivity contribution in [2.45, 2.75) is 19.4 Å². The summed E-state index contributed by atoms with van der Waals surface area (Å²) in [5.74, 6) is -0.502. The maximum absolute atomic E-state index is 12.3. The smallest absolute Gasteiger partial charge is 0.408 e. The molecule has 0 aliphatic rings. The quantitative estimate of drug-likeness (QED) is 0.550. The molecule has 0 aliphatic carbocycles. The van der Waals surface area contributed by atoms with E-state index in [1.165, 1.54) is 0 Å². The number of carbonyl (C=O) groups is 1.